The van der Waals surface area contributed by atoms with Gasteiger partial charge in [0.2, 0.25) is 0 Å². The second kappa shape index (κ2) is 5.19. The van der Waals surface area contributed by atoms with E-state index >= 15 is 0 Å². The normalized spacial score (nSPS) is 17.3. The number of rotatable bonds is 2. The lowest BCUT2D eigenvalue weighted by molar-refractivity contribution is 0.406. The maximum Gasteiger partial charge on any atom is 0.272 e. The molecule has 0 saturated carbocycles. The summed E-state index contributed by atoms with van der Waals surface area (Å²) in [4.78, 5) is 15.5. The second-order valence-electron chi connectivity index (χ2n) is 4.57. The highest BCUT2D eigenvalue weighted by molar-refractivity contribution is 7.99. The molecule has 0 aromatic carbocycles. The molecule has 1 fully saturated rings. The molecule has 0 radical (unpaired) electrons. The van der Waals surface area contributed by atoms with Crippen molar-refractivity contribution in [2.24, 2.45) is 5.92 Å². The molecule has 6 heteroatoms. The van der Waals surface area contributed by atoms with E-state index in [1.54, 1.807) is 4.57 Å². The molecule has 2 aromatic heterocycles. The van der Waals surface area contributed by atoms with Gasteiger partial charge in [-0.25, -0.2) is 0 Å². The maximum atomic E-state index is 12.4. The van der Waals surface area contributed by atoms with E-state index in [9.17, 15) is 4.79 Å². The standard InChI is InChI=1S/C12H14N2OS3/c15-11-10-9(3-6-18-10)13-12(16)14(11)7-8-1-4-17-5-2-8/h3,6,8H,1-2,4-5,7H2,(H,13,16). The van der Waals surface area contributed by atoms with Crippen molar-refractivity contribution >= 4 is 45.5 Å². The van der Waals surface area contributed by atoms with E-state index in [-0.39, 0.29) is 5.56 Å². The van der Waals surface area contributed by atoms with Crippen LogP contribution in [0.5, 0.6) is 0 Å². The maximum absolute atomic E-state index is 12.4. The summed E-state index contributed by atoms with van der Waals surface area (Å²) >= 11 is 8.79. The van der Waals surface area contributed by atoms with Crippen molar-refractivity contribution in [3.05, 3.63) is 26.6 Å². The molecule has 1 aliphatic rings. The number of aromatic nitrogens is 2. The van der Waals surface area contributed by atoms with Crippen molar-refractivity contribution < 1.29 is 0 Å². The predicted octanol–water partition coefficient (Wildman–Crippen LogP) is 3.26. The van der Waals surface area contributed by atoms with Gasteiger partial charge in [-0.05, 0) is 53.9 Å². The zero-order valence-corrected chi connectivity index (χ0v) is 12.3. The lowest BCUT2D eigenvalue weighted by Gasteiger charge is -2.21. The Morgan fingerprint density at radius 2 is 2.22 bits per heavy atom. The smallest absolute Gasteiger partial charge is 0.272 e. The summed E-state index contributed by atoms with van der Waals surface area (Å²) in [7, 11) is 0. The Balaban J connectivity index is 2.00. The topological polar surface area (TPSA) is 37.8 Å². The molecule has 2 aromatic rings. The van der Waals surface area contributed by atoms with Crippen LogP contribution in [-0.4, -0.2) is 21.1 Å². The zero-order chi connectivity index (χ0) is 12.5. The number of hydrogen-bond donors (Lipinski definition) is 1. The Labute approximate surface area is 118 Å². The predicted molar refractivity (Wildman–Crippen MR) is 81.3 cm³/mol. The molecule has 0 unspecified atom stereocenters. The van der Waals surface area contributed by atoms with Gasteiger partial charge in [0.1, 0.15) is 4.70 Å². The molecule has 96 valence electrons. The molecular weight excluding hydrogens is 284 g/mol. The van der Waals surface area contributed by atoms with Gasteiger partial charge >= 0.3 is 0 Å². The number of nitrogens with zero attached hydrogens (tertiary/aromatic N) is 1. The molecule has 0 amide bonds. The van der Waals surface area contributed by atoms with Crippen molar-refractivity contribution in [3.63, 3.8) is 0 Å². The van der Waals surface area contributed by atoms with Crippen LogP contribution in [0.1, 0.15) is 12.8 Å². The molecule has 18 heavy (non-hydrogen) atoms. The lowest BCUT2D eigenvalue weighted by atomic mass is 10.0. The van der Waals surface area contributed by atoms with Crippen LogP contribution in [0, 0.1) is 10.7 Å². The third-order valence-corrected chi connectivity index (χ3v) is 5.65. The quantitative estimate of drug-likeness (QED) is 0.865. The van der Waals surface area contributed by atoms with Gasteiger partial charge in [0.25, 0.3) is 5.56 Å². The van der Waals surface area contributed by atoms with Crippen LogP contribution >= 0.6 is 35.3 Å². The van der Waals surface area contributed by atoms with Gasteiger partial charge in [-0.15, -0.1) is 11.3 Å². The van der Waals surface area contributed by atoms with Crippen LogP contribution in [0.15, 0.2) is 16.2 Å². The molecule has 3 rings (SSSR count). The highest BCUT2D eigenvalue weighted by Gasteiger charge is 2.16. The summed E-state index contributed by atoms with van der Waals surface area (Å²) in [6.45, 7) is 0.766. The van der Waals surface area contributed by atoms with Crippen LogP contribution in [0.25, 0.3) is 10.2 Å². The van der Waals surface area contributed by atoms with Crippen LogP contribution in [0.4, 0.5) is 0 Å². The molecule has 1 N–H and O–H groups in total. The van der Waals surface area contributed by atoms with Gasteiger partial charge in [-0.3, -0.25) is 9.36 Å². The molecule has 0 spiro atoms. The van der Waals surface area contributed by atoms with Gasteiger partial charge < -0.3 is 4.98 Å². The minimum absolute atomic E-state index is 0.0713. The third-order valence-electron chi connectivity index (χ3n) is 3.37. The monoisotopic (exact) mass is 298 g/mol. The van der Waals surface area contributed by atoms with E-state index in [2.05, 4.69) is 4.98 Å². The summed E-state index contributed by atoms with van der Waals surface area (Å²) in [5.74, 6) is 3.00. The van der Waals surface area contributed by atoms with Crippen LogP contribution in [-0.2, 0) is 6.54 Å². The first kappa shape index (κ1) is 12.4. The van der Waals surface area contributed by atoms with Crippen molar-refractivity contribution in [1.29, 1.82) is 0 Å². The third kappa shape index (κ3) is 2.29. The van der Waals surface area contributed by atoms with E-state index < -0.39 is 0 Å². The van der Waals surface area contributed by atoms with E-state index in [0.717, 1.165) is 16.8 Å². The van der Waals surface area contributed by atoms with Crippen LogP contribution < -0.4 is 5.56 Å². The van der Waals surface area contributed by atoms with Gasteiger partial charge in [0.05, 0.1) is 5.52 Å². The molecule has 1 saturated heterocycles. The van der Waals surface area contributed by atoms with E-state index in [4.69, 9.17) is 12.2 Å². The summed E-state index contributed by atoms with van der Waals surface area (Å²) in [5.41, 5.74) is 0.937. The van der Waals surface area contributed by atoms with Gasteiger partial charge in [-0.2, -0.15) is 11.8 Å². The molecule has 3 heterocycles. The molecule has 0 aliphatic carbocycles. The number of thioether (sulfide) groups is 1. The minimum Gasteiger partial charge on any atom is -0.331 e. The first-order chi connectivity index (χ1) is 8.75. The molecule has 0 atom stereocenters. The fraction of sp³-hybridized carbons (Fsp3) is 0.500. The van der Waals surface area contributed by atoms with Gasteiger partial charge in [0.15, 0.2) is 4.77 Å². The Bertz CT molecular complexity index is 664. The number of nitrogens with one attached hydrogen (secondary N) is 1. The lowest BCUT2D eigenvalue weighted by Crippen LogP contribution is -2.26. The molecule has 1 aliphatic heterocycles. The number of fused-ring (bicyclic) bond motifs is 1. The number of H-pyrrole nitrogens is 1. The highest BCUT2D eigenvalue weighted by atomic mass is 32.2. The second-order valence-corrected chi connectivity index (χ2v) is 7.09. The molecule has 3 nitrogen and oxygen atoms in total. The fourth-order valence-electron chi connectivity index (χ4n) is 2.32. The van der Waals surface area contributed by atoms with Crippen LogP contribution in [0.3, 0.4) is 0 Å². The van der Waals surface area contributed by atoms with Crippen molar-refractivity contribution in [1.82, 2.24) is 9.55 Å². The van der Waals surface area contributed by atoms with E-state index in [0.29, 0.717) is 10.7 Å². The zero-order valence-electron chi connectivity index (χ0n) is 9.85. The summed E-state index contributed by atoms with van der Waals surface area (Å²) in [5, 5.41) is 1.93. The Kier molecular flexibility index (Phi) is 3.59. The Hall–Kier alpha value is -0.590. The summed E-state index contributed by atoms with van der Waals surface area (Å²) in [6.07, 6.45) is 2.38. The van der Waals surface area contributed by atoms with E-state index in [1.807, 2.05) is 23.2 Å². The van der Waals surface area contributed by atoms with Crippen molar-refractivity contribution in [3.8, 4) is 0 Å². The van der Waals surface area contributed by atoms with E-state index in [1.165, 1.54) is 35.7 Å². The number of thiophene rings is 1. The largest absolute Gasteiger partial charge is 0.331 e. The minimum atomic E-state index is 0.0713. The first-order valence-corrected chi connectivity index (χ1v) is 8.48. The average Bonchev–Trinajstić information content (AvgIpc) is 2.84. The Morgan fingerprint density at radius 3 is 3.00 bits per heavy atom. The first-order valence-electron chi connectivity index (χ1n) is 6.04. The molecule has 0 bridgehead atoms. The van der Waals surface area contributed by atoms with Gasteiger partial charge in [-0.1, -0.05) is 0 Å². The summed E-state index contributed by atoms with van der Waals surface area (Å²) in [6, 6.07) is 1.92. The van der Waals surface area contributed by atoms with Gasteiger partial charge in [0, 0.05) is 6.54 Å². The number of aromatic amines is 1. The SMILES string of the molecule is O=c1c2sccc2[nH]c(=S)n1CC1CCSCC1. The Morgan fingerprint density at radius 1 is 1.44 bits per heavy atom. The summed E-state index contributed by atoms with van der Waals surface area (Å²) < 4.78 is 3.09. The highest BCUT2D eigenvalue weighted by Crippen LogP contribution is 2.24. The van der Waals surface area contributed by atoms with Crippen LogP contribution in [0.2, 0.25) is 0 Å². The molecular formula is C12H14N2OS3. The van der Waals surface area contributed by atoms with Crippen molar-refractivity contribution in [2.45, 2.75) is 19.4 Å². The number of hydrogen-bond acceptors (Lipinski definition) is 4. The average molecular weight is 298 g/mol. The van der Waals surface area contributed by atoms with Crippen molar-refractivity contribution in [2.75, 3.05) is 11.5 Å². The fourth-order valence-corrected chi connectivity index (χ4v) is 4.59.